The molecule has 2 aromatic heterocycles. The summed E-state index contributed by atoms with van der Waals surface area (Å²) in [6.07, 6.45) is 6.45. The fraction of sp³-hybridized carbons (Fsp3) is 0.340. The van der Waals surface area contributed by atoms with Gasteiger partial charge in [0.05, 0.1) is 32.0 Å². The molecule has 19 nitrogen and oxygen atoms in total. The molecule has 2 unspecified atom stereocenters. The molecule has 6 aromatic rings. The maximum absolute atomic E-state index is 13.9. The van der Waals surface area contributed by atoms with E-state index in [1.807, 2.05) is 36.4 Å². The zero-order valence-electron chi connectivity index (χ0n) is 38.6. The van der Waals surface area contributed by atoms with Gasteiger partial charge in [-0.3, -0.25) is 14.4 Å². The number of rotatable bonds is 20. The number of aliphatic hydroxyl groups is 1. The molecule has 6 N–H and O–H groups in total. The number of nitrogens with one attached hydrogen (secondary N) is 3. The Morgan fingerprint density at radius 2 is 1.17 bits per heavy atom. The monoisotopic (exact) mass is 935 g/mol. The second kappa shape index (κ2) is 22.5. The van der Waals surface area contributed by atoms with Crippen molar-refractivity contribution >= 4 is 64.1 Å². The highest BCUT2D eigenvalue weighted by Crippen LogP contribution is 2.28. The summed E-state index contributed by atoms with van der Waals surface area (Å²) in [5.41, 5.74) is 7.66. The first-order valence-electron chi connectivity index (χ1n) is 23.0. The predicted octanol–water partition coefficient (Wildman–Crippen LogP) is 5.55. The van der Waals surface area contributed by atoms with Crippen LogP contribution in [-0.2, 0) is 37.1 Å². The molecular formula is C50H57N13O6. The van der Waals surface area contributed by atoms with E-state index in [1.165, 1.54) is 31.4 Å². The molecule has 0 spiro atoms. The molecule has 4 heterocycles. The molecule has 0 bridgehead atoms. The zero-order valence-corrected chi connectivity index (χ0v) is 38.6. The first-order chi connectivity index (χ1) is 33.5. The summed E-state index contributed by atoms with van der Waals surface area (Å²) in [7, 11) is 0. The van der Waals surface area contributed by atoms with Crippen LogP contribution in [0.25, 0.3) is 0 Å². The number of Topliss-reactive ketones (excluding diaryl/α,β-unsaturated/α-hetero) is 1. The number of piperidine rings is 2. The van der Waals surface area contributed by atoms with Crippen LogP contribution in [0, 0.1) is 0 Å². The average Bonchev–Trinajstić information content (AvgIpc) is 3.36. The van der Waals surface area contributed by atoms with Crippen LogP contribution in [0.1, 0.15) is 50.7 Å². The Bertz CT molecular complexity index is 2650. The summed E-state index contributed by atoms with van der Waals surface area (Å²) in [5, 5.41) is 20.9. The molecule has 4 aromatic carbocycles. The standard InChI is InChI=1S/C50H57N13O6/c1-34(64)43(44(51)65)63(40-18-10-17-39(28-40)58-47-53-33-55-49(60-47)62-25-21-42(22-26-62)69-30-36-13-7-4-8-14-36)31-50(2,67)45(66)56-37-15-9-16-38(27-37)57-46-52-32-54-48(59-46)61-23-19-41(20-24-61)68-29-35-11-5-3-6-12-35/h3-18,27-28,32-33,41-43,67H,19-26,29-31H2,1-2H3,(H2,51,65)(H,56,66)(H,52,54,57,59)(H,53,55,58,60). The number of carbonyl (C=O) groups excluding carboxylic acids is 3. The highest BCUT2D eigenvalue weighted by Gasteiger charge is 2.39. The van der Waals surface area contributed by atoms with Crippen LogP contribution >= 0.6 is 0 Å². The molecule has 19 heteroatoms. The zero-order chi connectivity index (χ0) is 48.2. The third-order valence-electron chi connectivity index (χ3n) is 12.0. The van der Waals surface area contributed by atoms with E-state index >= 15 is 0 Å². The summed E-state index contributed by atoms with van der Waals surface area (Å²) in [5.74, 6) is -0.709. The smallest absolute Gasteiger partial charge is 0.257 e. The lowest BCUT2D eigenvalue weighted by atomic mass is 10.0. The minimum absolute atomic E-state index is 0.126. The van der Waals surface area contributed by atoms with Crippen molar-refractivity contribution in [1.82, 2.24) is 29.9 Å². The fourth-order valence-corrected chi connectivity index (χ4v) is 8.29. The van der Waals surface area contributed by atoms with Gasteiger partial charge in [-0.25, -0.2) is 19.9 Å². The second-order valence-corrected chi connectivity index (χ2v) is 17.3. The minimum Gasteiger partial charge on any atom is -0.378 e. The topological polar surface area (TPSA) is 239 Å². The van der Waals surface area contributed by atoms with E-state index < -0.39 is 35.8 Å². The number of hydrogen-bond acceptors (Lipinski definition) is 17. The van der Waals surface area contributed by atoms with Gasteiger partial charge < -0.3 is 51.0 Å². The van der Waals surface area contributed by atoms with Crippen molar-refractivity contribution in [1.29, 1.82) is 0 Å². The minimum atomic E-state index is -2.15. The number of nitrogens with two attached hydrogens (primary N) is 1. The number of benzene rings is 4. The van der Waals surface area contributed by atoms with Gasteiger partial charge in [-0.15, -0.1) is 0 Å². The molecule has 2 aliphatic rings. The van der Waals surface area contributed by atoms with Crippen LogP contribution in [0.5, 0.6) is 0 Å². The summed E-state index contributed by atoms with van der Waals surface area (Å²) in [6.45, 7) is 6.04. The third kappa shape index (κ3) is 13.1. The summed E-state index contributed by atoms with van der Waals surface area (Å²) >= 11 is 0. The van der Waals surface area contributed by atoms with Crippen molar-refractivity contribution in [2.24, 2.45) is 5.73 Å². The summed E-state index contributed by atoms with van der Waals surface area (Å²) < 4.78 is 12.3. The first kappa shape index (κ1) is 47.9. The van der Waals surface area contributed by atoms with Crippen LogP contribution < -0.4 is 36.4 Å². The molecule has 0 saturated carbocycles. The number of carbonyl (C=O) groups is 3. The second-order valence-electron chi connectivity index (χ2n) is 17.3. The number of nitrogens with zero attached hydrogens (tertiary/aromatic N) is 9. The lowest BCUT2D eigenvalue weighted by Crippen LogP contribution is -2.57. The predicted molar refractivity (Wildman–Crippen MR) is 262 cm³/mol. The molecule has 358 valence electrons. The molecule has 2 aliphatic heterocycles. The molecular weight excluding hydrogens is 879 g/mol. The number of ether oxygens (including phenoxy) is 2. The highest BCUT2D eigenvalue weighted by molar-refractivity contribution is 6.07. The summed E-state index contributed by atoms with van der Waals surface area (Å²) in [6, 6.07) is 32.3. The molecule has 8 rings (SSSR count). The largest absolute Gasteiger partial charge is 0.378 e. The number of hydrogen-bond donors (Lipinski definition) is 5. The number of aromatic nitrogens is 6. The SMILES string of the molecule is CC(=O)C(C(N)=O)N(CC(C)(O)C(=O)Nc1cccc(Nc2ncnc(N3CCC(OCc4ccccc4)CC3)n2)c1)c1cccc(Nc2ncnc(N3CCC(OCc4ccccc4)CC3)n2)c1. The lowest BCUT2D eigenvalue weighted by Gasteiger charge is -2.35. The number of ketones is 1. The van der Waals surface area contributed by atoms with Crippen molar-refractivity contribution in [3.05, 3.63) is 133 Å². The van der Waals surface area contributed by atoms with E-state index in [2.05, 4.69) is 79.9 Å². The van der Waals surface area contributed by atoms with Gasteiger partial charge in [0.15, 0.2) is 17.4 Å². The molecule has 0 aliphatic carbocycles. The normalized spacial score (nSPS) is 15.7. The van der Waals surface area contributed by atoms with E-state index in [4.69, 9.17) is 15.2 Å². The number of amides is 2. The Kier molecular flexibility index (Phi) is 15.6. The lowest BCUT2D eigenvalue weighted by molar-refractivity contribution is -0.133. The van der Waals surface area contributed by atoms with Crippen LogP contribution in [0.4, 0.5) is 46.5 Å². The maximum Gasteiger partial charge on any atom is 0.257 e. The molecule has 0 radical (unpaired) electrons. The third-order valence-corrected chi connectivity index (χ3v) is 12.0. The number of anilines is 8. The van der Waals surface area contributed by atoms with Gasteiger partial charge in [0, 0.05) is 48.9 Å². The maximum atomic E-state index is 13.9. The molecule has 2 amide bonds. The Hall–Kier alpha value is -7.61. The van der Waals surface area contributed by atoms with Crippen LogP contribution in [0.15, 0.2) is 122 Å². The van der Waals surface area contributed by atoms with Crippen molar-refractivity contribution in [2.45, 2.75) is 76.6 Å². The van der Waals surface area contributed by atoms with E-state index in [0.29, 0.717) is 66.9 Å². The summed E-state index contributed by atoms with van der Waals surface area (Å²) in [4.78, 5) is 72.0. The van der Waals surface area contributed by atoms with Crippen LogP contribution in [-0.4, -0.2) is 109 Å². The van der Waals surface area contributed by atoms with E-state index in [0.717, 1.165) is 49.9 Å². The van der Waals surface area contributed by atoms with Gasteiger partial charge in [0.1, 0.15) is 12.7 Å². The van der Waals surface area contributed by atoms with E-state index in [9.17, 15) is 19.5 Å². The van der Waals surface area contributed by atoms with Crippen molar-refractivity contribution < 1.29 is 29.0 Å². The quantitative estimate of drug-likeness (QED) is 0.0590. The van der Waals surface area contributed by atoms with Crippen molar-refractivity contribution in [2.75, 3.05) is 63.4 Å². The van der Waals surface area contributed by atoms with Crippen LogP contribution in [0.2, 0.25) is 0 Å². The van der Waals surface area contributed by atoms with Gasteiger partial charge in [0.2, 0.25) is 29.7 Å². The van der Waals surface area contributed by atoms with Gasteiger partial charge in [-0.1, -0.05) is 72.8 Å². The van der Waals surface area contributed by atoms with Crippen LogP contribution in [0.3, 0.4) is 0 Å². The Morgan fingerprint density at radius 1 is 0.696 bits per heavy atom. The van der Waals surface area contributed by atoms with Gasteiger partial charge >= 0.3 is 0 Å². The highest BCUT2D eigenvalue weighted by atomic mass is 16.5. The van der Waals surface area contributed by atoms with Crippen molar-refractivity contribution in [3.63, 3.8) is 0 Å². The molecule has 2 atom stereocenters. The average molecular weight is 936 g/mol. The fourth-order valence-electron chi connectivity index (χ4n) is 8.29. The van der Waals surface area contributed by atoms with E-state index in [-0.39, 0.29) is 18.2 Å². The Balaban J connectivity index is 0.883. The van der Waals surface area contributed by atoms with Crippen molar-refractivity contribution in [3.8, 4) is 0 Å². The number of primary amides is 1. The Labute approximate surface area is 400 Å². The molecule has 2 fully saturated rings. The van der Waals surface area contributed by atoms with Gasteiger partial charge in [0.25, 0.3) is 5.91 Å². The first-order valence-corrected chi connectivity index (χ1v) is 23.0. The Morgan fingerprint density at radius 3 is 1.67 bits per heavy atom. The molecule has 69 heavy (non-hydrogen) atoms. The van der Waals surface area contributed by atoms with E-state index in [1.54, 1.807) is 48.5 Å². The molecule has 2 saturated heterocycles. The van der Waals surface area contributed by atoms with Gasteiger partial charge in [-0.2, -0.15) is 9.97 Å². The van der Waals surface area contributed by atoms with Gasteiger partial charge in [-0.05, 0) is 87.1 Å².